The molecule has 0 aliphatic carbocycles. The number of rotatable bonds is 4. The molecule has 0 amide bonds. The minimum Gasteiger partial charge on any atom is -0.480 e. The van der Waals surface area contributed by atoms with Crippen LogP contribution in [0.15, 0.2) is 0 Å². The molecule has 0 aliphatic rings. The van der Waals surface area contributed by atoms with Crippen molar-refractivity contribution >= 4 is 12.3 Å². The largest absolute Gasteiger partial charge is 0.480 e. The van der Waals surface area contributed by atoms with Crippen LogP contribution in [0.5, 0.6) is 0 Å². The molecule has 0 unspecified atom stereocenters. The average molecular weight is 159 g/mol. The van der Waals surface area contributed by atoms with Gasteiger partial charge in [0.1, 0.15) is 12.3 Å². The maximum Gasteiger partial charge on any atom is 0.321 e. The quantitative estimate of drug-likeness (QED) is 0.566. The van der Waals surface area contributed by atoms with Crippen molar-refractivity contribution in [3.8, 4) is 0 Å². The van der Waals surface area contributed by atoms with Crippen LogP contribution in [0.25, 0.3) is 0 Å². The first-order valence-electron chi connectivity index (χ1n) is 3.34. The summed E-state index contributed by atoms with van der Waals surface area (Å²) in [5, 5.41) is 8.50. The molecular weight excluding hydrogens is 146 g/mol. The predicted octanol–water partition coefficient (Wildman–Crippen LogP) is 0.0135. The van der Waals surface area contributed by atoms with Gasteiger partial charge in [-0.3, -0.25) is 4.79 Å². The summed E-state index contributed by atoms with van der Waals surface area (Å²) in [6, 6.07) is -0.979. The van der Waals surface area contributed by atoms with Gasteiger partial charge in [-0.2, -0.15) is 0 Å². The molecule has 0 bridgehead atoms. The second-order valence-corrected chi connectivity index (χ2v) is 3.18. The fourth-order valence-electron chi connectivity index (χ4n) is 0.676. The molecule has 0 aliphatic heterocycles. The number of hydrogen-bond donors (Lipinski definition) is 2. The van der Waals surface area contributed by atoms with Crippen molar-refractivity contribution in [2.75, 3.05) is 0 Å². The van der Waals surface area contributed by atoms with Crippen LogP contribution in [0.1, 0.15) is 20.3 Å². The van der Waals surface area contributed by atoms with Crippen LogP contribution in [0, 0.1) is 5.41 Å². The van der Waals surface area contributed by atoms with Crippen molar-refractivity contribution < 1.29 is 14.7 Å². The van der Waals surface area contributed by atoms with Crippen molar-refractivity contribution in [3.05, 3.63) is 0 Å². The third-order valence-corrected chi connectivity index (χ3v) is 1.72. The number of carbonyl (C=O) groups excluding carboxylic acids is 1. The van der Waals surface area contributed by atoms with Crippen molar-refractivity contribution in [2.45, 2.75) is 26.3 Å². The molecule has 0 fully saturated rings. The molecule has 0 heterocycles. The predicted molar refractivity (Wildman–Crippen MR) is 40.1 cm³/mol. The van der Waals surface area contributed by atoms with Gasteiger partial charge in [0.05, 0.1) is 0 Å². The second kappa shape index (κ2) is 3.48. The maximum absolute atomic E-state index is 10.4. The van der Waals surface area contributed by atoms with Gasteiger partial charge in [-0.05, 0) is 5.41 Å². The lowest BCUT2D eigenvalue weighted by Gasteiger charge is -2.25. The average Bonchev–Trinajstić information content (AvgIpc) is 1.86. The third kappa shape index (κ3) is 2.67. The highest BCUT2D eigenvalue weighted by atomic mass is 16.4. The number of nitrogens with two attached hydrogens (primary N) is 1. The van der Waals surface area contributed by atoms with Gasteiger partial charge in [0.15, 0.2) is 0 Å². The Morgan fingerprint density at radius 3 is 2.45 bits per heavy atom. The van der Waals surface area contributed by atoms with Crippen LogP contribution in [0.3, 0.4) is 0 Å². The van der Waals surface area contributed by atoms with E-state index < -0.39 is 17.4 Å². The number of carboxylic acids is 1. The lowest BCUT2D eigenvalue weighted by atomic mass is 9.82. The van der Waals surface area contributed by atoms with Crippen LogP contribution in [-0.2, 0) is 9.59 Å². The van der Waals surface area contributed by atoms with Crippen LogP contribution in [0.4, 0.5) is 0 Å². The first-order chi connectivity index (χ1) is 4.91. The molecule has 0 rings (SSSR count). The zero-order valence-electron chi connectivity index (χ0n) is 6.70. The lowest BCUT2D eigenvalue weighted by molar-refractivity contribution is -0.141. The number of carboxylic acid groups (broad SMARTS) is 1. The van der Waals surface area contributed by atoms with E-state index in [-0.39, 0.29) is 6.42 Å². The first-order valence-corrected chi connectivity index (χ1v) is 3.34. The van der Waals surface area contributed by atoms with E-state index in [0.29, 0.717) is 6.29 Å². The van der Waals surface area contributed by atoms with Gasteiger partial charge in [-0.15, -0.1) is 0 Å². The van der Waals surface area contributed by atoms with E-state index in [0.717, 1.165) is 0 Å². The van der Waals surface area contributed by atoms with E-state index in [1.165, 1.54) is 0 Å². The highest BCUT2D eigenvalue weighted by molar-refractivity contribution is 5.74. The smallest absolute Gasteiger partial charge is 0.321 e. The molecule has 64 valence electrons. The van der Waals surface area contributed by atoms with E-state index in [2.05, 4.69) is 0 Å². The molecule has 0 aromatic heterocycles. The SMILES string of the molecule is CC(C)(CC=O)[C@H](N)C(=O)O. The van der Waals surface area contributed by atoms with Gasteiger partial charge in [0, 0.05) is 6.42 Å². The third-order valence-electron chi connectivity index (χ3n) is 1.72. The van der Waals surface area contributed by atoms with Gasteiger partial charge in [-0.1, -0.05) is 13.8 Å². The Hall–Kier alpha value is -0.900. The summed E-state index contributed by atoms with van der Waals surface area (Å²) in [7, 11) is 0. The van der Waals surface area contributed by atoms with Crippen molar-refractivity contribution in [1.82, 2.24) is 0 Å². The summed E-state index contributed by atoms with van der Waals surface area (Å²) < 4.78 is 0. The van der Waals surface area contributed by atoms with Crippen molar-refractivity contribution in [3.63, 3.8) is 0 Å². The van der Waals surface area contributed by atoms with E-state index in [4.69, 9.17) is 10.8 Å². The topological polar surface area (TPSA) is 80.4 Å². The molecule has 0 aromatic rings. The Morgan fingerprint density at radius 1 is 1.73 bits per heavy atom. The zero-order chi connectivity index (χ0) is 9.07. The molecule has 0 spiro atoms. The van der Waals surface area contributed by atoms with Crippen LogP contribution >= 0.6 is 0 Å². The van der Waals surface area contributed by atoms with Crippen LogP contribution in [-0.4, -0.2) is 23.4 Å². The zero-order valence-corrected chi connectivity index (χ0v) is 6.70. The molecule has 0 saturated heterocycles. The lowest BCUT2D eigenvalue weighted by Crippen LogP contribution is -2.44. The molecule has 1 atom stereocenters. The summed E-state index contributed by atoms with van der Waals surface area (Å²) in [6.07, 6.45) is 0.850. The highest BCUT2D eigenvalue weighted by Gasteiger charge is 2.31. The fraction of sp³-hybridized carbons (Fsp3) is 0.714. The fourth-order valence-corrected chi connectivity index (χ4v) is 0.676. The highest BCUT2D eigenvalue weighted by Crippen LogP contribution is 2.22. The Labute approximate surface area is 65.4 Å². The number of hydrogen-bond acceptors (Lipinski definition) is 3. The molecule has 3 N–H and O–H groups in total. The summed E-state index contributed by atoms with van der Waals surface area (Å²) >= 11 is 0. The Kier molecular flexibility index (Phi) is 3.19. The van der Waals surface area contributed by atoms with Gasteiger partial charge < -0.3 is 15.6 Å². The van der Waals surface area contributed by atoms with Gasteiger partial charge in [0.2, 0.25) is 0 Å². The van der Waals surface area contributed by atoms with E-state index in [1.54, 1.807) is 13.8 Å². The summed E-state index contributed by atoms with van der Waals surface area (Å²) in [5.74, 6) is -1.07. The molecule has 11 heavy (non-hydrogen) atoms. The molecular formula is C7H13NO3. The van der Waals surface area contributed by atoms with Gasteiger partial charge in [-0.25, -0.2) is 0 Å². The Balaban J connectivity index is 4.27. The Bertz CT molecular complexity index is 165. The monoisotopic (exact) mass is 159 g/mol. The molecule has 0 saturated carbocycles. The van der Waals surface area contributed by atoms with Crippen LogP contribution < -0.4 is 5.73 Å². The van der Waals surface area contributed by atoms with Gasteiger partial charge >= 0.3 is 5.97 Å². The first kappa shape index (κ1) is 10.1. The number of aldehydes is 1. The summed E-state index contributed by atoms with van der Waals surface area (Å²) in [5.41, 5.74) is 4.66. The molecule has 0 radical (unpaired) electrons. The maximum atomic E-state index is 10.4. The number of carbonyl (C=O) groups is 2. The van der Waals surface area contributed by atoms with Gasteiger partial charge in [0.25, 0.3) is 0 Å². The van der Waals surface area contributed by atoms with Crippen LogP contribution in [0.2, 0.25) is 0 Å². The van der Waals surface area contributed by atoms with E-state index in [9.17, 15) is 9.59 Å². The van der Waals surface area contributed by atoms with Crippen molar-refractivity contribution in [1.29, 1.82) is 0 Å². The minimum atomic E-state index is -1.07. The minimum absolute atomic E-state index is 0.167. The molecule has 4 heteroatoms. The summed E-state index contributed by atoms with van der Waals surface area (Å²) in [4.78, 5) is 20.5. The standard InChI is InChI=1S/C7H13NO3/c1-7(2,3-4-9)5(8)6(10)11/h4-5H,3,8H2,1-2H3,(H,10,11)/t5-/m1/s1. The summed E-state index contributed by atoms with van der Waals surface area (Å²) in [6.45, 7) is 3.31. The molecule has 4 nitrogen and oxygen atoms in total. The number of aliphatic carboxylic acids is 1. The second-order valence-electron chi connectivity index (χ2n) is 3.18. The molecule has 0 aromatic carbocycles. The van der Waals surface area contributed by atoms with E-state index in [1.807, 2.05) is 0 Å². The van der Waals surface area contributed by atoms with E-state index >= 15 is 0 Å². The Morgan fingerprint density at radius 2 is 2.18 bits per heavy atom. The van der Waals surface area contributed by atoms with Crippen molar-refractivity contribution in [2.24, 2.45) is 11.1 Å². The normalized spacial score (nSPS) is 14.1.